The maximum absolute atomic E-state index is 12.1. The number of carbonyl (C=O) groups excluding carboxylic acids is 1. The van der Waals surface area contributed by atoms with Crippen molar-refractivity contribution in [2.75, 3.05) is 5.32 Å². The molecule has 3 aromatic rings. The van der Waals surface area contributed by atoms with E-state index in [1.54, 1.807) is 13.0 Å². The summed E-state index contributed by atoms with van der Waals surface area (Å²) in [5.41, 5.74) is 1.44. The highest BCUT2D eigenvalue weighted by molar-refractivity contribution is 7.22. The number of hydrogen-bond acceptors (Lipinski definition) is 4. The third-order valence-corrected chi connectivity index (χ3v) is 3.75. The molecule has 2 aromatic heterocycles. The number of aryl methyl sites for hydroxylation is 2. The Bertz CT molecular complexity index is 725. The molecule has 3 rings (SSSR count). The summed E-state index contributed by atoms with van der Waals surface area (Å²) in [5.74, 6) is 1.16. The molecular formula is C14H12N2O2S. The standard InChI is InChI=1S/C14H12N2O2S/c1-8-7-10(9(2)18-8)13(17)16-14-15-11-5-3-4-6-12(11)19-14/h3-7H,1-2H3,(H,15,16,17). The minimum atomic E-state index is -0.187. The van der Waals surface area contributed by atoms with Crippen LogP contribution < -0.4 is 5.32 Å². The maximum atomic E-state index is 12.1. The Hall–Kier alpha value is -2.14. The van der Waals surface area contributed by atoms with Crippen LogP contribution in [0.4, 0.5) is 5.13 Å². The summed E-state index contributed by atoms with van der Waals surface area (Å²) in [6.45, 7) is 3.60. The molecule has 0 bridgehead atoms. The number of fused-ring (bicyclic) bond motifs is 1. The van der Waals surface area contributed by atoms with E-state index in [-0.39, 0.29) is 5.91 Å². The van der Waals surface area contributed by atoms with Gasteiger partial charge in [-0.25, -0.2) is 4.98 Å². The second-order valence-corrected chi connectivity index (χ2v) is 5.30. The maximum Gasteiger partial charge on any atom is 0.260 e. The zero-order chi connectivity index (χ0) is 13.4. The van der Waals surface area contributed by atoms with Crippen LogP contribution >= 0.6 is 11.3 Å². The summed E-state index contributed by atoms with van der Waals surface area (Å²) >= 11 is 1.46. The number of para-hydroxylation sites is 1. The molecule has 0 fully saturated rings. The van der Waals surface area contributed by atoms with Gasteiger partial charge in [-0.15, -0.1) is 0 Å². The zero-order valence-corrected chi connectivity index (χ0v) is 11.4. The summed E-state index contributed by atoms with van der Waals surface area (Å²) in [7, 11) is 0. The zero-order valence-electron chi connectivity index (χ0n) is 10.6. The van der Waals surface area contributed by atoms with Gasteiger partial charge in [0.2, 0.25) is 0 Å². The average Bonchev–Trinajstić information content (AvgIpc) is 2.91. The predicted molar refractivity (Wildman–Crippen MR) is 75.8 cm³/mol. The number of amides is 1. The van der Waals surface area contributed by atoms with Gasteiger partial charge in [0.25, 0.3) is 5.91 Å². The lowest BCUT2D eigenvalue weighted by Crippen LogP contribution is -2.11. The monoisotopic (exact) mass is 272 g/mol. The largest absolute Gasteiger partial charge is 0.466 e. The molecule has 0 aliphatic carbocycles. The highest BCUT2D eigenvalue weighted by Crippen LogP contribution is 2.26. The number of nitrogens with one attached hydrogen (secondary N) is 1. The molecule has 19 heavy (non-hydrogen) atoms. The van der Waals surface area contributed by atoms with Crippen LogP contribution in [-0.4, -0.2) is 10.9 Å². The fourth-order valence-corrected chi connectivity index (χ4v) is 2.81. The first-order valence-corrected chi connectivity index (χ1v) is 6.69. The van der Waals surface area contributed by atoms with E-state index in [9.17, 15) is 4.79 Å². The molecule has 5 heteroatoms. The minimum absolute atomic E-state index is 0.187. The number of nitrogens with zero attached hydrogens (tertiary/aromatic N) is 1. The van der Waals surface area contributed by atoms with Crippen molar-refractivity contribution in [3.8, 4) is 0 Å². The number of thiazole rings is 1. The topological polar surface area (TPSA) is 55.1 Å². The van der Waals surface area contributed by atoms with E-state index >= 15 is 0 Å². The van der Waals surface area contributed by atoms with Gasteiger partial charge in [0.05, 0.1) is 15.8 Å². The van der Waals surface area contributed by atoms with E-state index in [1.807, 2.05) is 31.2 Å². The molecule has 0 saturated carbocycles. The highest BCUT2D eigenvalue weighted by atomic mass is 32.1. The lowest BCUT2D eigenvalue weighted by atomic mass is 10.2. The first-order chi connectivity index (χ1) is 9.13. The van der Waals surface area contributed by atoms with Crippen molar-refractivity contribution in [2.45, 2.75) is 13.8 Å². The van der Waals surface area contributed by atoms with Crippen LogP contribution in [0.3, 0.4) is 0 Å². The third kappa shape index (κ3) is 2.24. The fraction of sp³-hybridized carbons (Fsp3) is 0.143. The van der Waals surface area contributed by atoms with E-state index in [4.69, 9.17) is 4.42 Å². The molecule has 4 nitrogen and oxygen atoms in total. The number of anilines is 1. The van der Waals surface area contributed by atoms with E-state index in [0.29, 0.717) is 16.5 Å². The number of carbonyl (C=O) groups is 1. The first-order valence-electron chi connectivity index (χ1n) is 5.87. The minimum Gasteiger partial charge on any atom is -0.466 e. The molecule has 96 valence electrons. The fourth-order valence-electron chi connectivity index (χ4n) is 1.95. The van der Waals surface area contributed by atoms with Crippen LogP contribution in [0.15, 0.2) is 34.7 Å². The van der Waals surface area contributed by atoms with E-state index in [2.05, 4.69) is 10.3 Å². The van der Waals surface area contributed by atoms with Gasteiger partial charge in [0.15, 0.2) is 5.13 Å². The van der Waals surface area contributed by atoms with Crippen molar-refractivity contribution in [1.82, 2.24) is 4.98 Å². The average molecular weight is 272 g/mol. The summed E-state index contributed by atoms with van der Waals surface area (Å²) in [6.07, 6.45) is 0. The molecule has 2 heterocycles. The Morgan fingerprint density at radius 3 is 2.79 bits per heavy atom. The molecule has 0 spiro atoms. The van der Waals surface area contributed by atoms with Gasteiger partial charge in [-0.2, -0.15) is 0 Å². The smallest absolute Gasteiger partial charge is 0.260 e. The van der Waals surface area contributed by atoms with Crippen molar-refractivity contribution in [3.63, 3.8) is 0 Å². The Balaban J connectivity index is 1.88. The Labute approximate surface area is 114 Å². The molecule has 0 radical (unpaired) electrons. The number of hydrogen-bond donors (Lipinski definition) is 1. The van der Waals surface area contributed by atoms with Crippen molar-refractivity contribution in [2.24, 2.45) is 0 Å². The highest BCUT2D eigenvalue weighted by Gasteiger charge is 2.15. The van der Waals surface area contributed by atoms with Crippen LogP contribution in [0.1, 0.15) is 21.9 Å². The first kappa shape index (κ1) is 11.9. The van der Waals surface area contributed by atoms with Crippen molar-refractivity contribution in [3.05, 3.63) is 47.4 Å². The van der Waals surface area contributed by atoms with Gasteiger partial charge >= 0.3 is 0 Å². The molecular weight excluding hydrogens is 260 g/mol. The van der Waals surface area contributed by atoms with Crippen LogP contribution in [0, 0.1) is 13.8 Å². The lowest BCUT2D eigenvalue weighted by Gasteiger charge is -1.98. The van der Waals surface area contributed by atoms with E-state index < -0.39 is 0 Å². The van der Waals surface area contributed by atoms with Crippen LogP contribution in [0.5, 0.6) is 0 Å². The molecule has 0 unspecified atom stereocenters. The molecule has 1 aromatic carbocycles. The van der Waals surface area contributed by atoms with E-state index in [1.165, 1.54) is 11.3 Å². The molecule has 0 aliphatic heterocycles. The Morgan fingerprint density at radius 1 is 1.32 bits per heavy atom. The SMILES string of the molecule is Cc1cc(C(=O)Nc2nc3ccccc3s2)c(C)o1. The summed E-state index contributed by atoms with van der Waals surface area (Å²) < 4.78 is 6.41. The van der Waals surface area contributed by atoms with Crippen molar-refractivity contribution < 1.29 is 9.21 Å². The van der Waals surface area contributed by atoms with Crippen LogP contribution in [0.2, 0.25) is 0 Å². The number of rotatable bonds is 2. The quantitative estimate of drug-likeness (QED) is 0.772. The summed E-state index contributed by atoms with van der Waals surface area (Å²) in [5, 5.41) is 3.41. The Kier molecular flexibility index (Phi) is 2.83. The summed E-state index contributed by atoms with van der Waals surface area (Å²) in [4.78, 5) is 16.5. The number of aromatic nitrogens is 1. The van der Waals surface area contributed by atoms with Gasteiger partial charge < -0.3 is 4.42 Å². The second kappa shape index (κ2) is 4.51. The van der Waals surface area contributed by atoms with Crippen LogP contribution in [0.25, 0.3) is 10.2 Å². The van der Waals surface area contributed by atoms with Gasteiger partial charge in [-0.3, -0.25) is 10.1 Å². The molecule has 0 saturated heterocycles. The number of benzene rings is 1. The molecule has 0 atom stereocenters. The second-order valence-electron chi connectivity index (χ2n) is 4.27. The predicted octanol–water partition coefficient (Wildman–Crippen LogP) is 3.76. The van der Waals surface area contributed by atoms with Crippen LogP contribution in [-0.2, 0) is 0 Å². The lowest BCUT2D eigenvalue weighted by molar-refractivity contribution is 0.102. The molecule has 1 N–H and O–H groups in total. The van der Waals surface area contributed by atoms with Crippen molar-refractivity contribution >= 4 is 32.6 Å². The number of furan rings is 1. The molecule has 1 amide bonds. The van der Waals surface area contributed by atoms with Crippen molar-refractivity contribution in [1.29, 1.82) is 0 Å². The third-order valence-electron chi connectivity index (χ3n) is 2.80. The summed E-state index contributed by atoms with van der Waals surface area (Å²) in [6, 6.07) is 9.52. The van der Waals surface area contributed by atoms with Gasteiger partial charge in [0.1, 0.15) is 11.5 Å². The van der Waals surface area contributed by atoms with Gasteiger partial charge in [-0.05, 0) is 32.0 Å². The normalized spacial score (nSPS) is 10.8. The Morgan fingerprint density at radius 2 is 2.11 bits per heavy atom. The van der Waals surface area contributed by atoms with E-state index in [0.717, 1.165) is 16.0 Å². The van der Waals surface area contributed by atoms with Gasteiger partial charge in [0, 0.05) is 0 Å². The molecule has 0 aliphatic rings. The van der Waals surface area contributed by atoms with Gasteiger partial charge in [-0.1, -0.05) is 23.5 Å².